The molecule has 5 heteroatoms. The van der Waals surface area contributed by atoms with Crippen molar-refractivity contribution in [3.63, 3.8) is 0 Å². The number of hydrogen-bond acceptors (Lipinski definition) is 5. The van der Waals surface area contributed by atoms with E-state index in [2.05, 4.69) is 23.7 Å². The van der Waals surface area contributed by atoms with Crippen molar-refractivity contribution >= 4 is 17.4 Å². The number of anilines is 1. The van der Waals surface area contributed by atoms with Crippen LogP contribution >= 0.6 is 11.8 Å². The van der Waals surface area contributed by atoms with Gasteiger partial charge in [0.05, 0.1) is 29.6 Å². The molecule has 0 aliphatic carbocycles. The Bertz CT molecular complexity index is 369. The van der Waals surface area contributed by atoms with Gasteiger partial charge in [0, 0.05) is 24.9 Å². The Kier molecular flexibility index (Phi) is 4.86. The van der Waals surface area contributed by atoms with Gasteiger partial charge in [-0.2, -0.15) is 0 Å². The van der Waals surface area contributed by atoms with Gasteiger partial charge in [-0.1, -0.05) is 0 Å². The van der Waals surface area contributed by atoms with Gasteiger partial charge in [0.25, 0.3) is 0 Å². The molecule has 0 saturated carbocycles. The van der Waals surface area contributed by atoms with Crippen molar-refractivity contribution < 1.29 is 4.74 Å². The number of hydrogen-bond donors (Lipinski definition) is 1. The number of ether oxygens (including phenoxy) is 1. The summed E-state index contributed by atoms with van der Waals surface area (Å²) in [6.07, 6.45) is 2.00. The molecule has 1 aliphatic rings. The predicted molar refractivity (Wildman–Crippen MR) is 75.8 cm³/mol. The second kappa shape index (κ2) is 6.41. The van der Waals surface area contributed by atoms with Crippen molar-refractivity contribution in [3.05, 3.63) is 18.3 Å². The number of aromatic nitrogens is 1. The molecule has 1 unspecified atom stereocenters. The van der Waals surface area contributed by atoms with Crippen LogP contribution in [0.3, 0.4) is 0 Å². The normalized spacial score (nSPS) is 21.4. The minimum absolute atomic E-state index is 0.297. The molecule has 1 aliphatic heterocycles. The van der Waals surface area contributed by atoms with Gasteiger partial charge in [-0.3, -0.25) is 4.90 Å². The van der Waals surface area contributed by atoms with Crippen LogP contribution in [0.15, 0.2) is 23.4 Å². The molecule has 0 spiro atoms. The monoisotopic (exact) mass is 267 g/mol. The highest BCUT2D eigenvalue weighted by molar-refractivity contribution is 7.99. The van der Waals surface area contributed by atoms with Crippen molar-refractivity contribution in [1.82, 2.24) is 9.88 Å². The average molecular weight is 267 g/mol. The highest BCUT2D eigenvalue weighted by Gasteiger charge is 2.22. The number of pyridine rings is 1. The molecule has 0 amide bonds. The van der Waals surface area contributed by atoms with Crippen LogP contribution in [0.4, 0.5) is 5.69 Å². The second-order valence-electron chi connectivity index (χ2n) is 4.82. The molecule has 1 saturated heterocycles. The van der Waals surface area contributed by atoms with Gasteiger partial charge in [-0.15, -0.1) is 11.8 Å². The van der Waals surface area contributed by atoms with Crippen molar-refractivity contribution in [1.29, 1.82) is 0 Å². The lowest BCUT2D eigenvalue weighted by Crippen LogP contribution is -2.46. The molecule has 0 bridgehead atoms. The van der Waals surface area contributed by atoms with Crippen molar-refractivity contribution in [2.45, 2.75) is 31.0 Å². The Morgan fingerprint density at radius 3 is 3.06 bits per heavy atom. The van der Waals surface area contributed by atoms with Crippen LogP contribution in [-0.4, -0.2) is 47.5 Å². The fourth-order valence-electron chi connectivity index (χ4n) is 1.97. The molecule has 0 radical (unpaired) electrons. The standard InChI is InChI=1S/C13H21N3OS/c1-10(2)16-5-6-17-12(8-16)9-18-13-4-3-11(14)7-15-13/h3-4,7,10,12H,5-6,8-9,14H2,1-2H3. The van der Waals surface area contributed by atoms with Crippen LogP contribution in [0.25, 0.3) is 0 Å². The number of morpholine rings is 1. The summed E-state index contributed by atoms with van der Waals surface area (Å²) >= 11 is 1.73. The van der Waals surface area contributed by atoms with Gasteiger partial charge in [0.1, 0.15) is 0 Å². The molecule has 1 atom stereocenters. The first-order chi connectivity index (χ1) is 8.65. The Hall–Kier alpha value is -0.780. The van der Waals surface area contributed by atoms with Gasteiger partial charge in [0.2, 0.25) is 0 Å². The maximum absolute atomic E-state index is 5.79. The van der Waals surface area contributed by atoms with Crippen LogP contribution in [0.5, 0.6) is 0 Å². The van der Waals surface area contributed by atoms with Gasteiger partial charge < -0.3 is 10.5 Å². The molecule has 1 fully saturated rings. The molecule has 100 valence electrons. The predicted octanol–water partition coefficient (Wildman–Crippen LogP) is 1.87. The van der Waals surface area contributed by atoms with E-state index in [4.69, 9.17) is 10.5 Å². The summed E-state index contributed by atoms with van der Waals surface area (Å²) in [6.45, 7) is 7.35. The molecule has 2 heterocycles. The number of rotatable bonds is 4. The van der Waals surface area contributed by atoms with E-state index in [1.54, 1.807) is 18.0 Å². The summed E-state index contributed by atoms with van der Waals surface area (Å²) in [4.78, 5) is 6.75. The smallest absolute Gasteiger partial charge is 0.0962 e. The van der Waals surface area contributed by atoms with Crippen LogP contribution < -0.4 is 5.73 Å². The maximum atomic E-state index is 5.79. The third-order valence-electron chi connectivity index (χ3n) is 3.08. The summed E-state index contributed by atoms with van der Waals surface area (Å²) in [5, 5.41) is 1.01. The molecule has 18 heavy (non-hydrogen) atoms. The lowest BCUT2D eigenvalue weighted by Gasteiger charge is -2.35. The number of nitrogens with two attached hydrogens (primary N) is 1. The van der Waals surface area contributed by atoms with E-state index < -0.39 is 0 Å². The Morgan fingerprint density at radius 2 is 2.39 bits per heavy atom. The first kappa shape index (κ1) is 13.6. The third kappa shape index (κ3) is 3.86. The minimum Gasteiger partial charge on any atom is -0.397 e. The molecular weight excluding hydrogens is 246 g/mol. The van der Waals surface area contributed by atoms with Crippen LogP contribution in [0.2, 0.25) is 0 Å². The minimum atomic E-state index is 0.297. The van der Waals surface area contributed by atoms with Crippen LogP contribution in [0, 0.1) is 0 Å². The summed E-state index contributed by atoms with van der Waals surface area (Å²) < 4.78 is 5.79. The van der Waals surface area contributed by atoms with Gasteiger partial charge in [-0.05, 0) is 26.0 Å². The second-order valence-corrected chi connectivity index (χ2v) is 5.86. The highest BCUT2D eigenvalue weighted by atomic mass is 32.2. The Morgan fingerprint density at radius 1 is 1.56 bits per heavy atom. The van der Waals surface area contributed by atoms with E-state index in [9.17, 15) is 0 Å². The Labute approximate surface area is 113 Å². The van der Waals surface area contributed by atoms with Gasteiger partial charge >= 0.3 is 0 Å². The van der Waals surface area contributed by atoms with E-state index >= 15 is 0 Å². The molecule has 4 nitrogen and oxygen atoms in total. The van der Waals surface area contributed by atoms with E-state index in [-0.39, 0.29) is 0 Å². The molecule has 2 rings (SSSR count). The zero-order chi connectivity index (χ0) is 13.0. The van der Waals surface area contributed by atoms with E-state index in [0.29, 0.717) is 17.8 Å². The van der Waals surface area contributed by atoms with Crippen LogP contribution in [0.1, 0.15) is 13.8 Å². The summed E-state index contributed by atoms with van der Waals surface area (Å²) in [5.74, 6) is 0.945. The fraction of sp³-hybridized carbons (Fsp3) is 0.615. The van der Waals surface area contributed by atoms with Crippen molar-refractivity contribution in [2.24, 2.45) is 0 Å². The molecule has 1 aromatic rings. The zero-order valence-corrected chi connectivity index (χ0v) is 11.8. The summed E-state index contributed by atoms with van der Waals surface area (Å²) in [7, 11) is 0. The number of nitrogen functional groups attached to an aromatic ring is 1. The highest BCUT2D eigenvalue weighted by Crippen LogP contribution is 2.20. The van der Waals surface area contributed by atoms with Crippen LogP contribution in [-0.2, 0) is 4.74 Å². The average Bonchev–Trinajstić information content (AvgIpc) is 2.38. The number of nitrogens with zero attached hydrogens (tertiary/aromatic N) is 2. The maximum Gasteiger partial charge on any atom is 0.0962 e. The zero-order valence-electron chi connectivity index (χ0n) is 11.0. The SMILES string of the molecule is CC(C)N1CCOC(CSc2ccc(N)cn2)C1. The molecule has 1 aromatic heterocycles. The molecule has 0 aromatic carbocycles. The first-order valence-electron chi connectivity index (χ1n) is 6.35. The quantitative estimate of drug-likeness (QED) is 0.844. The van der Waals surface area contributed by atoms with Crippen molar-refractivity contribution in [2.75, 3.05) is 31.2 Å². The largest absolute Gasteiger partial charge is 0.397 e. The van der Waals surface area contributed by atoms with E-state index in [1.165, 1.54) is 0 Å². The fourth-order valence-corrected chi connectivity index (χ4v) is 2.82. The summed E-state index contributed by atoms with van der Waals surface area (Å²) in [6, 6.07) is 4.44. The lowest BCUT2D eigenvalue weighted by molar-refractivity contribution is -0.0265. The van der Waals surface area contributed by atoms with E-state index in [0.717, 1.165) is 30.5 Å². The van der Waals surface area contributed by atoms with Gasteiger partial charge in [0.15, 0.2) is 0 Å². The number of thioether (sulfide) groups is 1. The first-order valence-corrected chi connectivity index (χ1v) is 7.33. The third-order valence-corrected chi connectivity index (χ3v) is 4.15. The topological polar surface area (TPSA) is 51.4 Å². The Balaban J connectivity index is 1.81. The molecular formula is C13H21N3OS. The summed E-state index contributed by atoms with van der Waals surface area (Å²) in [5.41, 5.74) is 6.32. The lowest BCUT2D eigenvalue weighted by atomic mass is 10.2. The molecule has 2 N–H and O–H groups in total. The van der Waals surface area contributed by atoms with Gasteiger partial charge in [-0.25, -0.2) is 4.98 Å². The van der Waals surface area contributed by atoms with Crippen molar-refractivity contribution in [3.8, 4) is 0 Å². The van der Waals surface area contributed by atoms with E-state index in [1.807, 2.05) is 12.1 Å².